The highest BCUT2D eigenvalue weighted by Crippen LogP contribution is 2.24. The van der Waals surface area contributed by atoms with E-state index in [2.05, 4.69) is 68.9 Å². The van der Waals surface area contributed by atoms with Crippen LogP contribution in [0.2, 0.25) is 0 Å². The van der Waals surface area contributed by atoms with E-state index < -0.39 is 0 Å². The molecule has 0 saturated heterocycles. The summed E-state index contributed by atoms with van der Waals surface area (Å²) in [5.41, 5.74) is 3.19. The topological polar surface area (TPSA) is 18.8 Å². The second kappa shape index (κ2) is 20.4. The number of aliphatic imine (C=N–C) groups is 1. The molecule has 1 aliphatic rings. The minimum atomic E-state index is 0.716. The molecule has 1 aliphatic heterocycles. The molecule has 0 bridgehead atoms. The van der Waals surface area contributed by atoms with Gasteiger partial charge in [-0.05, 0) is 50.9 Å². The van der Waals surface area contributed by atoms with Crippen molar-refractivity contribution in [2.45, 2.75) is 80.1 Å². The van der Waals surface area contributed by atoms with E-state index in [9.17, 15) is 0 Å². The molecule has 0 aliphatic carbocycles. The van der Waals surface area contributed by atoms with Crippen LogP contribution in [0.4, 0.5) is 0 Å². The first kappa shape index (κ1) is 28.9. The van der Waals surface area contributed by atoms with Gasteiger partial charge in [0.15, 0.2) is 0 Å². The van der Waals surface area contributed by atoms with Gasteiger partial charge in [0.2, 0.25) is 0 Å². The van der Waals surface area contributed by atoms with Gasteiger partial charge in [-0.15, -0.1) is 0 Å². The lowest BCUT2D eigenvalue weighted by atomic mass is 10.0. The summed E-state index contributed by atoms with van der Waals surface area (Å²) in [6.45, 7) is 24.2. The van der Waals surface area contributed by atoms with Crippen LogP contribution in [0.15, 0.2) is 41.1 Å². The van der Waals surface area contributed by atoms with E-state index in [1.54, 1.807) is 11.3 Å². The van der Waals surface area contributed by atoms with E-state index in [0.717, 1.165) is 26.3 Å². The van der Waals surface area contributed by atoms with Crippen LogP contribution in [-0.2, 0) is 0 Å². The zero-order valence-electron chi connectivity index (χ0n) is 20.1. The fourth-order valence-corrected chi connectivity index (χ4v) is 3.28. The van der Waals surface area contributed by atoms with Crippen molar-refractivity contribution in [3.8, 4) is 0 Å². The van der Waals surface area contributed by atoms with E-state index in [1.807, 2.05) is 26.0 Å². The van der Waals surface area contributed by atoms with Crippen LogP contribution in [0, 0.1) is 5.92 Å². The third-order valence-electron chi connectivity index (χ3n) is 4.70. The first-order valence-electron chi connectivity index (χ1n) is 11.4. The third kappa shape index (κ3) is 13.8. The van der Waals surface area contributed by atoms with Crippen molar-refractivity contribution in [2.24, 2.45) is 10.9 Å². The molecular weight excluding hydrogens is 342 g/mol. The summed E-state index contributed by atoms with van der Waals surface area (Å²) in [5, 5.41) is 0. The van der Waals surface area contributed by atoms with E-state index in [4.69, 9.17) is 0 Å². The van der Waals surface area contributed by atoms with Crippen LogP contribution < -0.4 is 0 Å². The molecule has 0 saturated carbocycles. The van der Waals surface area contributed by atoms with Crippen molar-refractivity contribution in [3.63, 3.8) is 0 Å². The Morgan fingerprint density at radius 1 is 1.18 bits per heavy atom. The first-order valence-corrected chi connectivity index (χ1v) is 11.4. The van der Waals surface area contributed by atoms with Crippen molar-refractivity contribution >= 4 is 6.72 Å². The molecule has 1 unspecified atom stereocenters. The highest BCUT2D eigenvalue weighted by atomic mass is 15.3. The molecule has 0 radical (unpaired) electrons. The normalized spacial score (nSPS) is 15.5. The lowest BCUT2D eigenvalue weighted by Crippen LogP contribution is -2.42. The van der Waals surface area contributed by atoms with Gasteiger partial charge in [-0.2, -0.15) is 0 Å². The Labute approximate surface area is 177 Å². The maximum Gasteiger partial charge on any atom is 0.0705 e. The number of hydrogen-bond acceptors (Lipinski definition) is 3. The molecule has 0 aromatic carbocycles. The van der Waals surface area contributed by atoms with Crippen LogP contribution in [0.1, 0.15) is 80.1 Å². The molecule has 3 nitrogen and oxygen atoms in total. The second-order valence-corrected chi connectivity index (χ2v) is 7.26. The van der Waals surface area contributed by atoms with Gasteiger partial charge in [0.25, 0.3) is 0 Å². The van der Waals surface area contributed by atoms with Crippen molar-refractivity contribution in [1.82, 2.24) is 9.80 Å². The standard InChI is InChI=1S/C14H27N3.C9H16.C2H6/c1-5-7-8-14-13(6-2)11-16(4)12-17(14)10-9-15-3;1-4-6-8-9(3)7-5-2;1-2/h3,5-12H2,1-2,4H3;4,6,8-9H,1,5,7H2,2-3H3;1-2H3/b;8-6-;. The summed E-state index contributed by atoms with van der Waals surface area (Å²) in [6, 6.07) is 0. The van der Waals surface area contributed by atoms with E-state index in [-0.39, 0.29) is 0 Å². The van der Waals surface area contributed by atoms with Crippen molar-refractivity contribution in [2.75, 3.05) is 33.4 Å². The molecule has 0 fully saturated rings. The van der Waals surface area contributed by atoms with Crippen LogP contribution >= 0.6 is 0 Å². The monoisotopic (exact) mass is 391 g/mol. The number of rotatable bonds is 11. The summed E-state index contributed by atoms with van der Waals surface area (Å²) in [4.78, 5) is 8.87. The van der Waals surface area contributed by atoms with Crippen LogP contribution in [0.3, 0.4) is 0 Å². The third-order valence-corrected chi connectivity index (χ3v) is 4.70. The second-order valence-electron chi connectivity index (χ2n) is 7.26. The zero-order valence-corrected chi connectivity index (χ0v) is 20.1. The summed E-state index contributed by atoms with van der Waals surface area (Å²) in [6.07, 6.45) is 13.5. The molecule has 1 atom stereocenters. The Morgan fingerprint density at radius 2 is 1.86 bits per heavy atom. The van der Waals surface area contributed by atoms with E-state index in [1.165, 1.54) is 38.5 Å². The van der Waals surface area contributed by atoms with Crippen molar-refractivity contribution < 1.29 is 0 Å². The predicted octanol–water partition coefficient (Wildman–Crippen LogP) is 6.94. The van der Waals surface area contributed by atoms with Crippen LogP contribution in [0.25, 0.3) is 0 Å². The van der Waals surface area contributed by atoms with Crippen molar-refractivity contribution in [1.29, 1.82) is 0 Å². The molecule has 1 heterocycles. The van der Waals surface area contributed by atoms with Gasteiger partial charge in [-0.25, -0.2) is 0 Å². The highest BCUT2D eigenvalue weighted by molar-refractivity contribution is 5.23. The van der Waals surface area contributed by atoms with Crippen LogP contribution in [-0.4, -0.2) is 49.9 Å². The Morgan fingerprint density at radius 3 is 2.36 bits per heavy atom. The molecule has 0 amide bonds. The summed E-state index contributed by atoms with van der Waals surface area (Å²) in [7, 11) is 2.20. The largest absolute Gasteiger partial charge is 0.360 e. The van der Waals surface area contributed by atoms with Crippen molar-refractivity contribution in [3.05, 3.63) is 36.1 Å². The van der Waals surface area contributed by atoms with E-state index in [0.29, 0.717) is 5.92 Å². The molecule has 0 N–H and O–H groups in total. The molecule has 164 valence electrons. The van der Waals surface area contributed by atoms with Crippen LogP contribution in [0.5, 0.6) is 0 Å². The average molecular weight is 392 g/mol. The molecule has 0 aromatic heterocycles. The molecule has 1 rings (SSSR count). The van der Waals surface area contributed by atoms with Gasteiger partial charge >= 0.3 is 0 Å². The van der Waals surface area contributed by atoms with Gasteiger partial charge in [0, 0.05) is 18.8 Å². The Kier molecular flexibility index (Phi) is 21.0. The SMILES string of the molecule is C=C/C=C\C(C)CCC.C=NCCN1CN(C)CC(CC)=C1CCCC.CC. The smallest absolute Gasteiger partial charge is 0.0705 e. The van der Waals surface area contributed by atoms with Gasteiger partial charge in [-0.3, -0.25) is 9.89 Å². The number of nitrogens with zero attached hydrogens (tertiary/aromatic N) is 3. The number of likely N-dealkylation sites (N-methyl/N-ethyl adjacent to an activating group) is 1. The molecule has 3 heteroatoms. The molecular formula is C25H49N3. The minimum Gasteiger partial charge on any atom is -0.360 e. The Balaban J connectivity index is 0. The lowest BCUT2D eigenvalue weighted by Gasteiger charge is -2.38. The molecule has 0 aromatic rings. The average Bonchev–Trinajstić information content (AvgIpc) is 2.71. The maximum absolute atomic E-state index is 3.99. The summed E-state index contributed by atoms with van der Waals surface area (Å²) >= 11 is 0. The number of hydrogen-bond donors (Lipinski definition) is 0. The minimum absolute atomic E-state index is 0.716. The number of allylic oxidation sites excluding steroid dienone is 4. The van der Waals surface area contributed by atoms with Gasteiger partial charge in [0.05, 0.1) is 13.2 Å². The Bertz CT molecular complexity index is 437. The lowest BCUT2D eigenvalue weighted by molar-refractivity contribution is 0.171. The molecule has 28 heavy (non-hydrogen) atoms. The highest BCUT2D eigenvalue weighted by Gasteiger charge is 2.21. The predicted molar refractivity (Wildman–Crippen MR) is 130 cm³/mol. The fourth-order valence-electron chi connectivity index (χ4n) is 3.28. The fraction of sp³-hybridized carbons (Fsp3) is 0.720. The van der Waals surface area contributed by atoms with Gasteiger partial charge in [0.1, 0.15) is 0 Å². The molecule has 0 spiro atoms. The first-order chi connectivity index (χ1) is 13.5. The zero-order chi connectivity index (χ0) is 21.8. The number of unbranched alkanes of at least 4 members (excludes halogenated alkanes) is 1. The maximum atomic E-state index is 3.99. The van der Waals surface area contributed by atoms with Gasteiger partial charge < -0.3 is 4.90 Å². The van der Waals surface area contributed by atoms with Gasteiger partial charge in [-0.1, -0.05) is 79.2 Å². The summed E-state index contributed by atoms with van der Waals surface area (Å²) in [5.74, 6) is 0.716. The quantitative estimate of drug-likeness (QED) is 0.281. The Hall–Kier alpha value is -1.35. The summed E-state index contributed by atoms with van der Waals surface area (Å²) < 4.78 is 0. The van der Waals surface area contributed by atoms with E-state index >= 15 is 0 Å².